The minimum absolute atomic E-state index is 0.184. The number of amides is 1. The van der Waals surface area contributed by atoms with Gasteiger partial charge in [-0.1, -0.05) is 30.3 Å². The highest BCUT2D eigenvalue weighted by Crippen LogP contribution is 2.07. The van der Waals surface area contributed by atoms with Gasteiger partial charge in [0, 0.05) is 32.9 Å². The lowest BCUT2D eigenvalue weighted by atomic mass is 10.1. The fourth-order valence-electron chi connectivity index (χ4n) is 2.26. The van der Waals surface area contributed by atoms with Crippen LogP contribution in [-0.2, 0) is 11.2 Å². The van der Waals surface area contributed by atoms with Gasteiger partial charge in [-0.3, -0.25) is 4.79 Å². The Bertz CT molecular complexity index is 647. The van der Waals surface area contributed by atoms with Crippen LogP contribution in [0.5, 0.6) is 0 Å². The molecule has 0 spiro atoms. The maximum Gasteiger partial charge on any atom is 0.270 e. The third-order valence-electron chi connectivity index (χ3n) is 3.44. The van der Waals surface area contributed by atoms with E-state index in [9.17, 15) is 4.79 Å². The fraction of sp³-hybridized carbons (Fsp3) is 0.389. The summed E-state index contributed by atoms with van der Waals surface area (Å²) in [5.41, 5.74) is 1.57. The van der Waals surface area contributed by atoms with Crippen molar-refractivity contribution >= 4 is 11.7 Å². The minimum atomic E-state index is -0.184. The first kappa shape index (κ1) is 17.9. The van der Waals surface area contributed by atoms with Crippen molar-refractivity contribution in [1.82, 2.24) is 15.3 Å². The van der Waals surface area contributed by atoms with Gasteiger partial charge in [0.15, 0.2) is 0 Å². The number of anilines is 1. The van der Waals surface area contributed by atoms with E-state index in [1.807, 2.05) is 30.3 Å². The Balaban J connectivity index is 1.87. The summed E-state index contributed by atoms with van der Waals surface area (Å²) in [6, 6.07) is 11.7. The summed E-state index contributed by atoms with van der Waals surface area (Å²) < 4.78 is 5.01. The normalized spacial score (nSPS) is 10.4. The summed E-state index contributed by atoms with van der Waals surface area (Å²) in [4.78, 5) is 20.8. The second-order valence-electron chi connectivity index (χ2n) is 5.45. The maximum absolute atomic E-state index is 12.3. The molecule has 2 N–H and O–H groups in total. The molecule has 2 rings (SSSR count). The highest BCUT2D eigenvalue weighted by atomic mass is 16.5. The molecule has 6 heteroatoms. The number of methoxy groups -OCH3 is 1. The summed E-state index contributed by atoms with van der Waals surface area (Å²) in [6.45, 7) is 3.77. The molecule has 6 nitrogen and oxygen atoms in total. The fourth-order valence-corrected chi connectivity index (χ4v) is 2.26. The van der Waals surface area contributed by atoms with Crippen LogP contribution in [0.3, 0.4) is 0 Å². The summed E-state index contributed by atoms with van der Waals surface area (Å²) in [7, 11) is 1.67. The van der Waals surface area contributed by atoms with E-state index in [-0.39, 0.29) is 5.91 Å². The molecule has 0 radical (unpaired) electrons. The van der Waals surface area contributed by atoms with E-state index >= 15 is 0 Å². The lowest BCUT2D eigenvalue weighted by Crippen LogP contribution is -2.27. The molecule has 128 valence electrons. The van der Waals surface area contributed by atoms with Crippen LogP contribution < -0.4 is 10.6 Å². The molecule has 1 amide bonds. The molecule has 24 heavy (non-hydrogen) atoms. The number of rotatable bonds is 9. The quantitative estimate of drug-likeness (QED) is 0.690. The predicted molar refractivity (Wildman–Crippen MR) is 94.2 cm³/mol. The minimum Gasteiger partial charge on any atom is -0.385 e. The molecule has 1 aromatic heterocycles. The Hall–Kier alpha value is -2.47. The Labute approximate surface area is 142 Å². The average Bonchev–Trinajstić information content (AvgIpc) is 2.59. The number of ether oxygens (including phenoxy) is 1. The number of benzene rings is 1. The largest absolute Gasteiger partial charge is 0.385 e. The molecule has 0 aliphatic rings. The van der Waals surface area contributed by atoms with Crippen LogP contribution in [0.15, 0.2) is 36.4 Å². The lowest BCUT2D eigenvalue weighted by Gasteiger charge is -2.09. The second kappa shape index (κ2) is 9.62. The van der Waals surface area contributed by atoms with E-state index in [2.05, 4.69) is 20.6 Å². The first-order chi connectivity index (χ1) is 11.7. The van der Waals surface area contributed by atoms with E-state index in [0.717, 1.165) is 19.4 Å². The van der Waals surface area contributed by atoms with Crippen LogP contribution in [0.2, 0.25) is 0 Å². The zero-order valence-electron chi connectivity index (χ0n) is 14.2. The van der Waals surface area contributed by atoms with Gasteiger partial charge in [0.05, 0.1) is 0 Å². The van der Waals surface area contributed by atoms with Crippen LogP contribution in [0.25, 0.3) is 0 Å². The van der Waals surface area contributed by atoms with Crippen molar-refractivity contribution in [3.8, 4) is 0 Å². The zero-order valence-corrected chi connectivity index (χ0v) is 14.2. The molecule has 0 unspecified atom stereocenters. The maximum atomic E-state index is 12.3. The van der Waals surface area contributed by atoms with Crippen LogP contribution in [-0.4, -0.2) is 42.7 Å². The Kier molecular flexibility index (Phi) is 7.17. The van der Waals surface area contributed by atoms with Gasteiger partial charge in [0.1, 0.15) is 17.3 Å². The van der Waals surface area contributed by atoms with Gasteiger partial charge in [-0.2, -0.15) is 0 Å². The van der Waals surface area contributed by atoms with Crippen molar-refractivity contribution in [3.05, 3.63) is 53.5 Å². The third kappa shape index (κ3) is 5.96. The zero-order chi connectivity index (χ0) is 17.2. The average molecular weight is 328 g/mol. The molecule has 0 aliphatic carbocycles. The van der Waals surface area contributed by atoms with Crippen molar-refractivity contribution in [3.63, 3.8) is 0 Å². The molecule has 2 aromatic rings. The lowest BCUT2D eigenvalue weighted by molar-refractivity contribution is 0.0949. The standard InChI is InChI=1S/C18H24N4O2/c1-14-21-16(13-17(22-14)19-10-6-12-24-2)18(23)20-11-9-15-7-4-3-5-8-15/h3-5,7-8,13H,6,9-12H2,1-2H3,(H,20,23)(H,19,21,22). The van der Waals surface area contributed by atoms with E-state index < -0.39 is 0 Å². The number of hydrogen-bond donors (Lipinski definition) is 2. The van der Waals surface area contributed by atoms with Gasteiger partial charge in [-0.15, -0.1) is 0 Å². The van der Waals surface area contributed by atoms with Crippen molar-refractivity contribution in [2.45, 2.75) is 19.8 Å². The van der Waals surface area contributed by atoms with E-state index in [1.165, 1.54) is 5.56 Å². The van der Waals surface area contributed by atoms with Crippen molar-refractivity contribution in [2.24, 2.45) is 0 Å². The van der Waals surface area contributed by atoms with Crippen molar-refractivity contribution in [2.75, 3.05) is 32.1 Å². The molecule has 1 aromatic carbocycles. The molecule has 0 atom stereocenters. The Morgan fingerprint density at radius 1 is 1.17 bits per heavy atom. The molecule has 1 heterocycles. The molecule has 0 bridgehead atoms. The third-order valence-corrected chi connectivity index (χ3v) is 3.44. The number of aryl methyl sites for hydroxylation is 1. The first-order valence-electron chi connectivity index (χ1n) is 8.09. The van der Waals surface area contributed by atoms with Crippen LogP contribution in [0.4, 0.5) is 5.82 Å². The second-order valence-corrected chi connectivity index (χ2v) is 5.45. The monoisotopic (exact) mass is 328 g/mol. The first-order valence-corrected chi connectivity index (χ1v) is 8.09. The highest BCUT2D eigenvalue weighted by Gasteiger charge is 2.10. The molecule has 0 fully saturated rings. The Morgan fingerprint density at radius 2 is 1.96 bits per heavy atom. The van der Waals surface area contributed by atoms with E-state index in [1.54, 1.807) is 20.1 Å². The van der Waals surface area contributed by atoms with Gasteiger partial charge < -0.3 is 15.4 Å². The topological polar surface area (TPSA) is 76.1 Å². The van der Waals surface area contributed by atoms with E-state index in [0.29, 0.717) is 30.5 Å². The highest BCUT2D eigenvalue weighted by molar-refractivity contribution is 5.92. The number of hydrogen-bond acceptors (Lipinski definition) is 5. The Morgan fingerprint density at radius 3 is 2.71 bits per heavy atom. The van der Waals surface area contributed by atoms with Crippen molar-refractivity contribution < 1.29 is 9.53 Å². The van der Waals surface area contributed by atoms with Crippen LogP contribution in [0.1, 0.15) is 28.3 Å². The molecule has 0 aliphatic heterocycles. The number of carbonyl (C=O) groups is 1. The summed E-state index contributed by atoms with van der Waals surface area (Å²) >= 11 is 0. The molecular formula is C18H24N4O2. The SMILES string of the molecule is COCCCNc1cc(C(=O)NCCc2ccccc2)nc(C)n1. The van der Waals surface area contributed by atoms with E-state index in [4.69, 9.17) is 4.74 Å². The van der Waals surface area contributed by atoms with Crippen molar-refractivity contribution in [1.29, 1.82) is 0 Å². The summed E-state index contributed by atoms with van der Waals surface area (Å²) in [5.74, 6) is 1.04. The number of carbonyl (C=O) groups excluding carboxylic acids is 1. The predicted octanol–water partition coefficient (Wildman–Crippen LogP) is 2.21. The van der Waals surface area contributed by atoms with Gasteiger partial charge in [0.25, 0.3) is 5.91 Å². The van der Waals surface area contributed by atoms with Gasteiger partial charge in [-0.25, -0.2) is 9.97 Å². The number of aromatic nitrogens is 2. The number of nitrogens with zero attached hydrogens (tertiary/aromatic N) is 2. The van der Waals surface area contributed by atoms with Gasteiger partial charge in [-0.05, 0) is 25.3 Å². The smallest absolute Gasteiger partial charge is 0.270 e. The van der Waals surface area contributed by atoms with Crippen LogP contribution in [0, 0.1) is 6.92 Å². The molecular weight excluding hydrogens is 304 g/mol. The molecule has 0 saturated heterocycles. The van der Waals surface area contributed by atoms with Gasteiger partial charge in [0.2, 0.25) is 0 Å². The number of nitrogens with one attached hydrogen (secondary N) is 2. The van der Waals surface area contributed by atoms with Crippen LogP contribution >= 0.6 is 0 Å². The summed E-state index contributed by atoms with van der Waals surface area (Å²) in [6.07, 6.45) is 1.66. The summed E-state index contributed by atoms with van der Waals surface area (Å²) in [5, 5.41) is 6.09. The molecule has 0 saturated carbocycles. The van der Waals surface area contributed by atoms with Gasteiger partial charge >= 0.3 is 0 Å².